The normalized spacial score (nSPS) is 14.2. The van der Waals surface area contributed by atoms with Gasteiger partial charge in [0, 0.05) is 28.4 Å². The summed E-state index contributed by atoms with van der Waals surface area (Å²) in [5.74, 6) is 0.226. The minimum absolute atomic E-state index is 0.193. The fourth-order valence-corrected chi connectivity index (χ4v) is 3.40. The number of thiophene rings is 1. The molecule has 1 aliphatic rings. The molecule has 8 heteroatoms. The monoisotopic (exact) mass is 366 g/mol. The number of hydrogen-bond donors (Lipinski definition) is 3. The Kier molecular flexibility index (Phi) is 4.02. The first-order valence-corrected chi connectivity index (χ1v) is 8.62. The summed E-state index contributed by atoms with van der Waals surface area (Å²) in [6, 6.07) is 6.98. The number of aromatic amines is 1. The highest BCUT2D eigenvalue weighted by Crippen LogP contribution is 2.35. The number of fused-ring (bicyclic) bond motifs is 1. The van der Waals surface area contributed by atoms with Crippen molar-refractivity contribution in [3.63, 3.8) is 0 Å². The molecular weight excluding hydrogens is 352 g/mol. The maximum atomic E-state index is 12.4. The van der Waals surface area contributed by atoms with Crippen LogP contribution in [-0.2, 0) is 4.79 Å². The van der Waals surface area contributed by atoms with Crippen molar-refractivity contribution in [2.24, 2.45) is 0 Å². The Hall–Kier alpha value is -3.39. The molecule has 0 unspecified atom stereocenters. The van der Waals surface area contributed by atoms with Crippen LogP contribution in [0, 0.1) is 0 Å². The number of anilines is 2. The van der Waals surface area contributed by atoms with E-state index in [1.165, 1.54) is 11.3 Å². The highest BCUT2D eigenvalue weighted by atomic mass is 32.1. The Morgan fingerprint density at radius 1 is 1.35 bits per heavy atom. The molecule has 3 heterocycles. The zero-order valence-corrected chi connectivity index (χ0v) is 14.5. The minimum atomic E-state index is -0.227. The predicted octanol–water partition coefficient (Wildman–Crippen LogP) is 3.22. The van der Waals surface area contributed by atoms with E-state index in [0.29, 0.717) is 27.6 Å². The molecule has 130 valence electrons. The SMILES string of the molecule is COc1csc(C(=O)Nc2ccc3c(c2)/C(=C/c2cnc[nH]2)C(=O)N3)c1. The standard InChI is InChI=1S/C18H14N4O3S/c1-25-12-6-16(26-8-12)18(24)21-10-2-3-15-13(4-10)14(17(23)22-15)5-11-7-19-9-20-11/h2-9H,1H3,(H,19,20)(H,21,24)(H,22,23)/b14-5-. The molecule has 0 bridgehead atoms. The Bertz CT molecular complexity index is 1020. The van der Waals surface area contributed by atoms with Crippen LogP contribution in [0.25, 0.3) is 11.6 Å². The Balaban J connectivity index is 1.62. The van der Waals surface area contributed by atoms with Gasteiger partial charge >= 0.3 is 0 Å². The fourth-order valence-electron chi connectivity index (χ4n) is 2.65. The smallest absolute Gasteiger partial charge is 0.265 e. The average Bonchev–Trinajstić information content (AvgIpc) is 3.37. The summed E-state index contributed by atoms with van der Waals surface area (Å²) in [5, 5.41) is 7.43. The van der Waals surface area contributed by atoms with Crippen molar-refractivity contribution in [3.05, 3.63) is 58.3 Å². The van der Waals surface area contributed by atoms with E-state index in [1.807, 2.05) is 0 Å². The van der Waals surface area contributed by atoms with Gasteiger partial charge in [-0.1, -0.05) is 0 Å². The van der Waals surface area contributed by atoms with Gasteiger partial charge in [0.1, 0.15) is 5.75 Å². The lowest BCUT2D eigenvalue weighted by molar-refractivity contribution is -0.110. The number of hydrogen-bond acceptors (Lipinski definition) is 5. The zero-order chi connectivity index (χ0) is 18.1. The van der Waals surface area contributed by atoms with Crippen molar-refractivity contribution in [2.75, 3.05) is 17.7 Å². The number of amides is 2. The highest BCUT2D eigenvalue weighted by Gasteiger charge is 2.25. The molecule has 3 aromatic rings. The second-order valence-corrected chi connectivity index (χ2v) is 6.50. The number of ether oxygens (including phenoxy) is 1. The molecule has 2 amide bonds. The van der Waals surface area contributed by atoms with Crippen molar-refractivity contribution in [2.45, 2.75) is 0 Å². The second-order valence-electron chi connectivity index (χ2n) is 5.58. The van der Waals surface area contributed by atoms with Crippen LogP contribution in [0.5, 0.6) is 5.75 Å². The third-order valence-corrected chi connectivity index (χ3v) is 4.82. The predicted molar refractivity (Wildman–Crippen MR) is 100 cm³/mol. The van der Waals surface area contributed by atoms with Crippen molar-refractivity contribution < 1.29 is 14.3 Å². The van der Waals surface area contributed by atoms with Crippen LogP contribution in [0.3, 0.4) is 0 Å². The lowest BCUT2D eigenvalue weighted by atomic mass is 10.1. The maximum absolute atomic E-state index is 12.4. The van der Waals surface area contributed by atoms with Gasteiger partial charge in [-0.05, 0) is 24.3 Å². The third-order valence-electron chi connectivity index (χ3n) is 3.91. The molecule has 2 aromatic heterocycles. The van der Waals surface area contributed by atoms with E-state index in [-0.39, 0.29) is 11.8 Å². The van der Waals surface area contributed by atoms with E-state index in [9.17, 15) is 9.59 Å². The highest BCUT2D eigenvalue weighted by molar-refractivity contribution is 7.12. The molecule has 1 aliphatic heterocycles. The number of carbonyl (C=O) groups excluding carboxylic acids is 2. The second kappa shape index (κ2) is 6.49. The number of benzene rings is 1. The quantitative estimate of drug-likeness (QED) is 0.618. The summed E-state index contributed by atoms with van der Waals surface area (Å²) >= 11 is 1.30. The molecule has 3 N–H and O–H groups in total. The number of aromatic nitrogens is 2. The average molecular weight is 366 g/mol. The zero-order valence-electron chi connectivity index (χ0n) is 13.7. The summed E-state index contributed by atoms with van der Waals surface area (Å²) in [6.07, 6.45) is 4.91. The van der Waals surface area contributed by atoms with Crippen molar-refractivity contribution >= 4 is 46.2 Å². The van der Waals surface area contributed by atoms with Crippen LogP contribution in [-0.4, -0.2) is 28.9 Å². The van der Waals surface area contributed by atoms with E-state index >= 15 is 0 Å². The van der Waals surface area contributed by atoms with Crippen LogP contribution < -0.4 is 15.4 Å². The number of nitrogens with one attached hydrogen (secondary N) is 3. The molecule has 1 aromatic carbocycles. The largest absolute Gasteiger partial charge is 0.496 e. The number of methoxy groups -OCH3 is 1. The summed E-state index contributed by atoms with van der Waals surface area (Å²) in [4.78, 5) is 32.1. The lowest BCUT2D eigenvalue weighted by Gasteiger charge is -2.06. The van der Waals surface area contributed by atoms with Gasteiger partial charge in [0.15, 0.2) is 0 Å². The molecule has 0 saturated heterocycles. The van der Waals surface area contributed by atoms with Crippen molar-refractivity contribution in [1.29, 1.82) is 0 Å². The van der Waals surface area contributed by atoms with Crippen molar-refractivity contribution in [3.8, 4) is 5.75 Å². The van der Waals surface area contributed by atoms with E-state index in [4.69, 9.17) is 4.74 Å². The van der Waals surface area contributed by atoms with Crippen LogP contribution in [0.4, 0.5) is 11.4 Å². The molecule has 0 aliphatic carbocycles. The summed E-state index contributed by atoms with van der Waals surface area (Å²) < 4.78 is 5.10. The van der Waals surface area contributed by atoms with Gasteiger partial charge in [0.25, 0.3) is 11.8 Å². The Morgan fingerprint density at radius 3 is 2.96 bits per heavy atom. The van der Waals surface area contributed by atoms with Gasteiger partial charge < -0.3 is 20.4 Å². The number of rotatable bonds is 4. The topological polar surface area (TPSA) is 96.1 Å². The molecule has 26 heavy (non-hydrogen) atoms. The van der Waals surface area contributed by atoms with E-state index in [1.54, 1.807) is 55.4 Å². The Morgan fingerprint density at radius 2 is 2.23 bits per heavy atom. The van der Waals surface area contributed by atoms with Crippen LogP contribution >= 0.6 is 11.3 Å². The lowest BCUT2D eigenvalue weighted by Crippen LogP contribution is -2.10. The van der Waals surface area contributed by atoms with Gasteiger partial charge in [-0.2, -0.15) is 0 Å². The minimum Gasteiger partial charge on any atom is -0.496 e. The molecule has 0 atom stereocenters. The number of imidazole rings is 1. The van der Waals surface area contributed by atoms with Crippen LogP contribution in [0.15, 0.2) is 42.2 Å². The summed E-state index contributed by atoms with van der Waals surface area (Å²) in [5.41, 5.74) is 3.28. The molecule has 4 rings (SSSR count). The van der Waals surface area contributed by atoms with Crippen molar-refractivity contribution in [1.82, 2.24) is 9.97 Å². The van der Waals surface area contributed by atoms with Crippen LogP contribution in [0.1, 0.15) is 20.9 Å². The van der Waals surface area contributed by atoms with E-state index in [2.05, 4.69) is 20.6 Å². The molecule has 0 spiro atoms. The number of nitrogens with zero attached hydrogens (tertiary/aromatic N) is 1. The van der Waals surface area contributed by atoms with Gasteiger partial charge in [-0.15, -0.1) is 11.3 Å². The first-order chi connectivity index (χ1) is 12.6. The molecule has 0 fully saturated rings. The molecular formula is C18H14N4O3S. The van der Waals surface area contributed by atoms with E-state index in [0.717, 1.165) is 11.3 Å². The summed E-state index contributed by atoms with van der Waals surface area (Å²) in [7, 11) is 1.56. The van der Waals surface area contributed by atoms with E-state index < -0.39 is 0 Å². The van der Waals surface area contributed by atoms with Crippen LogP contribution in [0.2, 0.25) is 0 Å². The van der Waals surface area contributed by atoms with Gasteiger partial charge in [0.2, 0.25) is 0 Å². The first-order valence-electron chi connectivity index (χ1n) is 7.74. The third kappa shape index (κ3) is 2.98. The Labute approximate surface area is 152 Å². The number of carbonyl (C=O) groups is 2. The maximum Gasteiger partial charge on any atom is 0.265 e. The summed E-state index contributed by atoms with van der Waals surface area (Å²) in [6.45, 7) is 0. The molecule has 0 radical (unpaired) electrons. The van der Waals surface area contributed by atoms with Gasteiger partial charge in [-0.3, -0.25) is 9.59 Å². The molecule has 0 saturated carbocycles. The first kappa shape index (κ1) is 16.1. The number of H-pyrrole nitrogens is 1. The molecule has 7 nitrogen and oxygen atoms in total. The van der Waals surface area contributed by atoms with Gasteiger partial charge in [0.05, 0.1) is 35.8 Å². The fraction of sp³-hybridized carbons (Fsp3) is 0.0556. The van der Waals surface area contributed by atoms with Gasteiger partial charge in [-0.25, -0.2) is 4.98 Å².